The molecule has 4 rings (SSSR count). The fraction of sp³-hybridized carbons (Fsp3) is 0.250. The minimum Gasteiger partial charge on any atom is -0.350 e. The molecule has 216 valence electrons. The number of amides is 4. The predicted octanol–water partition coefficient (Wildman–Crippen LogP) is 5.40. The van der Waals surface area contributed by atoms with Gasteiger partial charge >= 0.3 is 18.4 Å². The SMILES string of the molecule is O=C(NCc1ccccc1)C1CN(C(=O)Nc2ccc(C(F)(F)F)cc2)CCN1C(=O)c1cccc(C(F)(F)F)c1. The first-order valence-corrected chi connectivity index (χ1v) is 12.4. The van der Waals surface area contributed by atoms with Crippen LogP contribution in [0.1, 0.15) is 27.0 Å². The predicted molar refractivity (Wildman–Crippen MR) is 137 cm³/mol. The number of piperazine rings is 1. The van der Waals surface area contributed by atoms with Gasteiger partial charge in [-0.1, -0.05) is 36.4 Å². The first kappa shape index (κ1) is 29.4. The van der Waals surface area contributed by atoms with E-state index in [0.29, 0.717) is 6.07 Å². The molecule has 4 amide bonds. The highest BCUT2D eigenvalue weighted by atomic mass is 19.4. The van der Waals surface area contributed by atoms with Crippen molar-refractivity contribution in [1.29, 1.82) is 0 Å². The number of nitrogens with zero attached hydrogens (tertiary/aromatic N) is 2. The van der Waals surface area contributed by atoms with E-state index < -0.39 is 47.4 Å². The van der Waals surface area contributed by atoms with E-state index in [-0.39, 0.29) is 37.4 Å². The summed E-state index contributed by atoms with van der Waals surface area (Å²) in [7, 11) is 0. The topological polar surface area (TPSA) is 81.8 Å². The van der Waals surface area contributed by atoms with Gasteiger partial charge in [-0.05, 0) is 48.0 Å². The fourth-order valence-corrected chi connectivity index (χ4v) is 4.28. The van der Waals surface area contributed by atoms with Crippen molar-refractivity contribution in [1.82, 2.24) is 15.1 Å². The van der Waals surface area contributed by atoms with E-state index in [9.17, 15) is 40.7 Å². The highest BCUT2D eigenvalue weighted by Gasteiger charge is 2.38. The molecule has 3 aromatic carbocycles. The molecular formula is C28H24F6N4O3. The van der Waals surface area contributed by atoms with Gasteiger partial charge in [0.05, 0.1) is 17.7 Å². The maximum atomic E-state index is 13.3. The summed E-state index contributed by atoms with van der Waals surface area (Å²) in [4.78, 5) is 41.8. The number of halogens is 6. The molecule has 0 aromatic heterocycles. The van der Waals surface area contributed by atoms with E-state index >= 15 is 0 Å². The zero-order valence-corrected chi connectivity index (χ0v) is 21.3. The van der Waals surface area contributed by atoms with Crippen LogP contribution in [0.4, 0.5) is 36.8 Å². The van der Waals surface area contributed by atoms with Crippen LogP contribution in [0.3, 0.4) is 0 Å². The Hall–Kier alpha value is -4.55. The minimum absolute atomic E-state index is 0.0792. The summed E-state index contributed by atoms with van der Waals surface area (Å²) in [5, 5.41) is 5.16. The van der Waals surface area contributed by atoms with Crippen molar-refractivity contribution in [2.24, 2.45) is 0 Å². The summed E-state index contributed by atoms with van der Waals surface area (Å²) < 4.78 is 78.3. The lowest BCUT2D eigenvalue weighted by Gasteiger charge is -2.40. The number of carbonyl (C=O) groups excluding carboxylic acids is 3. The molecule has 1 atom stereocenters. The average Bonchev–Trinajstić information content (AvgIpc) is 2.95. The Morgan fingerprint density at radius 2 is 1.44 bits per heavy atom. The maximum absolute atomic E-state index is 13.3. The van der Waals surface area contributed by atoms with E-state index in [4.69, 9.17) is 0 Å². The molecule has 1 aliphatic heterocycles. The van der Waals surface area contributed by atoms with Gasteiger partial charge in [0.15, 0.2) is 0 Å². The van der Waals surface area contributed by atoms with Crippen molar-refractivity contribution in [3.63, 3.8) is 0 Å². The van der Waals surface area contributed by atoms with E-state index in [2.05, 4.69) is 10.6 Å². The second kappa shape index (κ2) is 11.9. The van der Waals surface area contributed by atoms with Crippen LogP contribution in [0, 0.1) is 0 Å². The molecule has 0 bridgehead atoms. The maximum Gasteiger partial charge on any atom is 0.416 e. The zero-order valence-electron chi connectivity index (χ0n) is 21.3. The fourth-order valence-electron chi connectivity index (χ4n) is 4.28. The molecule has 7 nitrogen and oxygen atoms in total. The van der Waals surface area contributed by atoms with Crippen LogP contribution < -0.4 is 10.6 Å². The van der Waals surface area contributed by atoms with Gasteiger partial charge in [0.2, 0.25) is 5.91 Å². The minimum atomic E-state index is -4.68. The Kier molecular flexibility index (Phi) is 8.55. The third-order valence-corrected chi connectivity index (χ3v) is 6.44. The number of carbonyl (C=O) groups is 3. The Bertz CT molecular complexity index is 1390. The molecule has 1 aliphatic rings. The normalized spacial score (nSPS) is 15.8. The molecule has 0 aliphatic carbocycles. The van der Waals surface area contributed by atoms with Crippen molar-refractivity contribution in [3.8, 4) is 0 Å². The molecule has 0 spiro atoms. The molecule has 1 heterocycles. The Balaban J connectivity index is 1.53. The van der Waals surface area contributed by atoms with Crippen molar-refractivity contribution >= 4 is 23.5 Å². The monoisotopic (exact) mass is 578 g/mol. The van der Waals surface area contributed by atoms with Crippen molar-refractivity contribution in [3.05, 3.63) is 101 Å². The van der Waals surface area contributed by atoms with E-state index in [1.165, 1.54) is 11.0 Å². The smallest absolute Gasteiger partial charge is 0.350 e. The summed E-state index contributed by atoms with van der Waals surface area (Å²) in [5.74, 6) is -1.46. The van der Waals surface area contributed by atoms with Gasteiger partial charge in [0.25, 0.3) is 5.91 Å². The van der Waals surface area contributed by atoms with Crippen LogP contribution in [0.2, 0.25) is 0 Å². The number of rotatable bonds is 5. The summed E-state index contributed by atoms with van der Waals surface area (Å²) in [6.45, 7) is -0.476. The number of anilines is 1. The van der Waals surface area contributed by atoms with Gasteiger partial charge in [-0.15, -0.1) is 0 Å². The van der Waals surface area contributed by atoms with Crippen molar-refractivity contribution in [2.75, 3.05) is 25.0 Å². The van der Waals surface area contributed by atoms with Gasteiger partial charge in [0, 0.05) is 30.9 Å². The van der Waals surface area contributed by atoms with Gasteiger partial charge < -0.3 is 20.4 Å². The molecule has 1 unspecified atom stereocenters. The van der Waals surface area contributed by atoms with Crippen LogP contribution >= 0.6 is 0 Å². The van der Waals surface area contributed by atoms with Gasteiger partial charge in [-0.2, -0.15) is 26.3 Å². The standard InChI is InChI=1S/C28H24F6N4O3/c29-27(30,31)20-9-11-22(12-10-20)36-26(41)37-13-14-38(25(40)19-7-4-8-21(15-19)28(32,33)34)23(17-37)24(39)35-16-18-5-2-1-3-6-18/h1-12,15,23H,13-14,16-17H2,(H,35,39)(H,36,41). The molecule has 2 N–H and O–H groups in total. The van der Waals surface area contributed by atoms with Crippen LogP contribution in [-0.2, 0) is 23.7 Å². The van der Waals surface area contributed by atoms with E-state index in [1.54, 1.807) is 30.3 Å². The zero-order chi connectivity index (χ0) is 29.8. The Labute approximate surface area is 230 Å². The third-order valence-electron chi connectivity index (χ3n) is 6.44. The molecule has 3 aromatic rings. The molecular weight excluding hydrogens is 554 g/mol. The van der Waals surface area contributed by atoms with Crippen molar-refractivity contribution in [2.45, 2.75) is 24.9 Å². The lowest BCUT2D eigenvalue weighted by atomic mass is 10.1. The van der Waals surface area contributed by atoms with Crippen LogP contribution in [0.5, 0.6) is 0 Å². The lowest BCUT2D eigenvalue weighted by molar-refractivity contribution is -0.138. The highest BCUT2D eigenvalue weighted by Crippen LogP contribution is 2.31. The number of hydrogen-bond acceptors (Lipinski definition) is 3. The largest absolute Gasteiger partial charge is 0.416 e. The van der Waals surface area contributed by atoms with Crippen LogP contribution in [-0.4, -0.2) is 53.3 Å². The summed E-state index contributed by atoms with van der Waals surface area (Å²) in [6, 6.07) is 14.5. The first-order valence-electron chi connectivity index (χ1n) is 12.4. The quantitative estimate of drug-likeness (QED) is 0.398. The third kappa shape index (κ3) is 7.35. The van der Waals surface area contributed by atoms with E-state index in [1.807, 2.05) is 0 Å². The first-order chi connectivity index (χ1) is 19.3. The number of urea groups is 1. The average molecular weight is 579 g/mol. The molecule has 13 heteroatoms. The molecule has 1 saturated heterocycles. The number of nitrogens with one attached hydrogen (secondary N) is 2. The van der Waals surface area contributed by atoms with Crippen LogP contribution in [0.25, 0.3) is 0 Å². The lowest BCUT2D eigenvalue weighted by Crippen LogP contribution is -2.62. The van der Waals surface area contributed by atoms with Gasteiger partial charge in [-0.25, -0.2) is 4.79 Å². The second-order valence-corrected chi connectivity index (χ2v) is 9.25. The molecule has 0 saturated carbocycles. The van der Waals surface area contributed by atoms with Gasteiger partial charge in [-0.3, -0.25) is 9.59 Å². The molecule has 41 heavy (non-hydrogen) atoms. The summed E-state index contributed by atoms with van der Waals surface area (Å²) in [6.07, 6.45) is -9.23. The molecule has 1 fully saturated rings. The van der Waals surface area contributed by atoms with Crippen molar-refractivity contribution < 1.29 is 40.7 Å². The molecule has 0 radical (unpaired) electrons. The van der Waals surface area contributed by atoms with Crippen LogP contribution in [0.15, 0.2) is 78.9 Å². The number of alkyl halides is 6. The Morgan fingerprint density at radius 1 is 0.780 bits per heavy atom. The van der Waals surface area contributed by atoms with E-state index in [0.717, 1.165) is 46.9 Å². The Morgan fingerprint density at radius 3 is 2.07 bits per heavy atom. The summed E-state index contributed by atoms with van der Waals surface area (Å²) >= 11 is 0. The highest BCUT2D eigenvalue weighted by molar-refractivity contribution is 5.98. The second-order valence-electron chi connectivity index (χ2n) is 9.25. The number of hydrogen-bond donors (Lipinski definition) is 2. The number of benzene rings is 3. The summed E-state index contributed by atoms with van der Waals surface area (Å²) in [5.41, 5.74) is -1.36. The van der Waals surface area contributed by atoms with Gasteiger partial charge in [0.1, 0.15) is 6.04 Å².